The van der Waals surface area contributed by atoms with Crippen LogP contribution in [0.1, 0.15) is 34.6 Å². The maximum atomic E-state index is 13.0. The van der Waals surface area contributed by atoms with Gasteiger partial charge in [-0.05, 0) is 70.5 Å². The van der Waals surface area contributed by atoms with Crippen LogP contribution in [0.2, 0.25) is 5.02 Å². The molecule has 1 aromatic carbocycles. The molecular weight excluding hydrogens is 369 g/mol. The molecule has 0 radical (unpaired) electrons. The van der Waals surface area contributed by atoms with E-state index in [4.69, 9.17) is 11.6 Å². The highest BCUT2D eigenvalue weighted by Gasteiger charge is 2.26. The van der Waals surface area contributed by atoms with Gasteiger partial charge in [-0.25, -0.2) is 0 Å². The molecule has 2 aromatic rings. The minimum absolute atomic E-state index is 0. The van der Waals surface area contributed by atoms with Crippen LogP contribution in [-0.4, -0.2) is 42.1 Å². The van der Waals surface area contributed by atoms with Crippen LogP contribution in [-0.2, 0) is 0 Å². The number of amides is 1. The second kappa shape index (κ2) is 8.94. The molecule has 6 heteroatoms. The Morgan fingerprint density at radius 2 is 1.92 bits per heavy atom. The van der Waals surface area contributed by atoms with Gasteiger partial charge in [-0.3, -0.25) is 4.79 Å². The molecule has 1 fully saturated rings. The minimum Gasteiger partial charge on any atom is -0.339 e. The average Bonchev–Trinajstić information content (AvgIpc) is 2.90. The predicted molar refractivity (Wildman–Crippen MR) is 110 cm³/mol. The van der Waals surface area contributed by atoms with Gasteiger partial charge in [-0.2, -0.15) is 0 Å². The zero-order valence-electron chi connectivity index (χ0n) is 15.6. The lowest BCUT2D eigenvalue weighted by Gasteiger charge is -2.32. The molecule has 1 saturated heterocycles. The molecule has 1 aliphatic rings. The smallest absolute Gasteiger partial charge is 0.255 e. The van der Waals surface area contributed by atoms with E-state index >= 15 is 0 Å². The number of nitrogens with zero attached hydrogens (tertiary/aromatic N) is 2. The van der Waals surface area contributed by atoms with Gasteiger partial charge in [0.25, 0.3) is 5.91 Å². The van der Waals surface area contributed by atoms with Gasteiger partial charge in [0.2, 0.25) is 0 Å². The van der Waals surface area contributed by atoms with Crippen molar-refractivity contribution in [3.63, 3.8) is 0 Å². The Kier molecular flexibility index (Phi) is 7.16. The molecule has 0 atom stereocenters. The number of aromatic nitrogens is 1. The van der Waals surface area contributed by atoms with Crippen molar-refractivity contribution in [3.05, 3.63) is 52.3 Å². The molecule has 0 spiro atoms. The van der Waals surface area contributed by atoms with E-state index in [0.29, 0.717) is 10.9 Å². The first-order valence-electron chi connectivity index (χ1n) is 8.90. The lowest BCUT2D eigenvalue weighted by molar-refractivity contribution is 0.0690. The third kappa shape index (κ3) is 4.25. The normalized spacial score (nSPS) is 15.0. The van der Waals surface area contributed by atoms with Crippen molar-refractivity contribution in [1.82, 2.24) is 14.8 Å². The number of hydrogen-bond acceptors (Lipinski definition) is 2. The summed E-state index contributed by atoms with van der Waals surface area (Å²) in [5, 5.41) is 3.94. The number of nitrogens with one attached hydrogen (secondary N) is 1. The van der Waals surface area contributed by atoms with Crippen molar-refractivity contribution >= 4 is 29.9 Å². The maximum Gasteiger partial charge on any atom is 0.255 e. The number of carbonyl (C=O) groups excluding carboxylic acids is 1. The van der Waals surface area contributed by atoms with Gasteiger partial charge in [-0.1, -0.05) is 17.7 Å². The van der Waals surface area contributed by atoms with Crippen molar-refractivity contribution in [2.75, 3.05) is 26.7 Å². The Balaban J connectivity index is 0.00000243. The number of aryl methyl sites for hydroxylation is 1. The first-order chi connectivity index (χ1) is 12.0. The summed E-state index contributed by atoms with van der Waals surface area (Å²) >= 11 is 6.14. The summed E-state index contributed by atoms with van der Waals surface area (Å²) in [6.07, 6.45) is 2.14. The zero-order chi connectivity index (χ0) is 18.0. The molecule has 0 bridgehead atoms. The predicted octanol–water partition coefficient (Wildman–Crippen LogP) is 4.24. The molecule has 3 rings (SSSR count). The van der Waals surface area contributed by atoms with Crippen molar-refractivity contribution in [3.8, 4) is 5.69 Å². The molecule has 1 N–H and O–H groups in total. The number of likely N-dealkylation sites (tertiary alicyclic amines) is 1. The Morgan fingerprint density at radius 1 is 1.23 bits per heavy atom. The second-order valence-corrected chi connectivity index (χ2v) is 7.33. The van der Waals surface area contributed by atoms with Crippen LogP contribution in [0, 0.1) is 19.8 Å². The topological polar surface area (TPSA) is 37.3 Å². The van der Waals surface area contributed by atoms with E-state index in [9.17, 15) is 4.79 Å². The Hall–Kier alpha value is -1.49. The van der Waals surface area contributed by atoms with E-state index in [2.05, 4.69) is 9.88 Å². The standard InChI is InChI=1S/C20H26ClN3O.ClH/c1-14-11-19(15(2)24(14)18-6-4-5-17(21)12-18)20(25)23-9-7-16(8-10-23)13-22-3;/h4-6,11-12,16,22H,7-10,13H2,1-3H3;1H. The third-order valence-electron chi connectivity index (χ3n) is 5.12. The van der Waals surface area contributed by atoms with Crippen LogP contribution < -0.4 is 5.32 Å². The van der Waals surface area contributed by atoms with E-state index in [0.717, 1.165) is 55.1 Å². The first kappa shape index (κ1) is 20.8. The average molecular weight is 396 g/mol. The quantitative estimate of drug-likeness (QED) is 0.840. The fourth-order valence-electron chi connectivity index (χ4n) is 3.79. The van der Waals surface area contributed by atoms with E-state index in [1.54, 1.807) is 0 Å². The van der Waals surface area contributed by atoms with Crippen LogP contribution in [0.4, 0.5) is 0 Å². The highest BCUT2D eigenvalue weighted by Crippen LogP contribution is 2.25. The van der Waals surface area contributed by atoms with Crippen molar-refractivity contribution in [2.24, 2.45) is 5.92 Å². The van der Waals surface area contributed by atoms with Gasteiger partial charge in [0.05, 0.1) is 5.56 Å². The summed E-state index contributed by atoms with van der Waals surface area (Å²) in [5.41, 5.74) is 3.81. The molecule has 142 valence electrons. The highest BCUT2D eigenvalue weighted by molar-refractivity contribution is 6.30. The molecule has 26 heavy (non-hydrogen) atoms. The molecule has 0 saturated carbocycles. The number of halogens is 2. The lowest BCUT2D eigenvalue weighted by atomic mass is 9.96. The number of carbonyl (C=O) groups is 1. The molecule has 1 amide bonds. The summed E-state index contributed by atoms with van der Waals surface area (Å²) in [6.45, 7) is 6.75. The molecule has 2 heterocycles. The third-order valence-corrected chi connectivity index (χ3v) is 5.36. The summed E-state index contributed by atoms with van der Waals surface area (Å²) in [7, 11) is 1.99. The van der Waals surface area contributed by atoms with Gasteiger partial charge < -0.3 is 14.8 Å². The maximum absolute atomic E-state index is 13.0. The summed E-state index contributed by atoms with van der Waals surface area (Å²) in [4.78, 5) is 15.0. The molecule has 0 unspecified atom stereocenters. The molecule has 1 aromatic heterocycles. The van der Waals surface area contributed by atoms with Gasteiger partial charge in [0, 0.05) is 35.2 Å². The van der Waals surface area contributed by atoms with Gasteiger partial charge in [0.1, 0.15) is 0 Å². The molecule has 4 nitrogen and oxygen atoms in total. The Bertz CT molecular complexity index is 764. The van der Waals surface area contributed by atoms with Gasteiger partial charge >= 0.3 is 0 Å². The van der Waals surface area contributed by atoms with Crippen molar-refractivity contribution in [1.29, 1.82) is 0 Å². The fourth-order valence-corrected chi connectivity index (χ4v) is 3.98. The van der Waals surface area contributed by atoms with Crippen LogP contribution in [0.15, 0.2) is 30.3 Å². The van der Waals surface area contributed by atoms with Gasteiger partial charge in [-0.15, -0.1) is 12.4 Å². The van der Waals surface area contributed by atoms with Crippen LogP contribution in [0.5, 0.6) is 0 Å². The second-order valence-electron chi connectivity index (χ2n) is 6.89. The molecular formula is C20H27Cl2N3O. The fraction of sp³-hybridized carbons (Fsp3) is 0.450. The summed E-state index contributed by atoms with van der Waals surface area (Å²) in [5.74, 6) is 0.817. The van der Waals surface area contributed by atoms with Crippen LogP contribution in [0.3, 0.4) is 0 Å². The highest BCUT2D eigenvalue weighted by atomic mass is 35.5. The first-order valence-corrected chi connectivity index (χ1v) is 9.27. The van der Waals surface area contributed by atoms with Crippen molar-refractivity contribution < 1.29 is 4.79 Å². The van der Waals surface area contributed by atoms with E-state index < -0.39 is 0 Å². The number of benzene rings is 1. The molecule has 1 aliphatic heterocycles. The summed E-state index contributed by atoms with van der Waals surface area (Å²) < 4.78 is 2.10. The Labute approximate surface area is 166 Å². The largest absolute Gasteiger partial charge is 0.339 e. The van der Waals surface area contributed by atoms with Crippen LogP contribution >= 0.6 is 24.0 Å². The van der Waals surface area contributed by atoms with Gasteiger partial charge in [0.15, 0.2) is 0 Å². The molecule has 0 aliphatic carbocycles. The monoisotopic (exact) mass is 395 g/mol. The van der Waals surface area contributed by atoms with Crippen molar-refractivity contribution in [2.45, 2.75) is 26.7 Å². The number of piperidine rings is 1. The zero-order valence-corrected chi connectivity index (χ0v) is 17.2. The SMILES string of the molecule is CNCC1CCN(C(=O)c2cc(C)n(-c3cccc(Cl)c3)c2C)CC1.Cl. The lowest BCUT2D eigenvalue weighted by Crippen LogP contribution is -2.40. The minimum atomic E-state index is 0. The summed E-state index contributed by atoms with van der Waals surface area (Å²) in [6, 6.07) is 9.74. The Morgan fingerprint density at radius 3 is 2.54 bits per heavy atom. The van der Waals surface area contributed by atoms with E-state index in [1.807, 2.05) is 56.1 Å². The van der Waals surface area contributed by atoms with E-state index in [1.165, 1.54) is 0 Å². The number of hydrogen-bond donors (Lipinski definition) is 1. The van der Waals surface area contributed by atoms with E-state index in [-0.39, 0.29) is 18.3 Å². The number of rotatable bonds is 4. The van der Waals surface area contributed by atoms with Crippen LogP contribution in [0.25, 0.3) is 5.69 Å².